The Labute approximate surface area is 136 Å². The first-order valence-electron chi connectivity index (χ1n) is 6.59. The van der Waals surface area contributed by atoms with E-state index in [0.717, 1.165) is 38.5 Å². The number of rotatable bonds is 6. The maximum absolute atomic E-state index is 11.7. The molecule has 0 fully saturated rings. The Hall–Kier alpha value is -3.23. The van der Waals surface area contributed by atoms with Gasteiger partial charge in [-0.05, 0) is 0 Å². The molecule has 9 nitrogen and oxygen atoms in total. The van der Waals surface area contributed by atoms with E-state index in [1.165, 1.54) is 0 Å². The summed E-state index contributed by atoms with van der Waals surface area (Å²) in [7, 11) is 2.26. The van der Waals surface area contributed by atoms with E-state index in [4.69, 9.17) is 9.47 Å². The molecule has 1 aliphatic carbocycles. The molecule has 0 unspecified atom stereocenters. The molecular weight excluding hydrogens is 324 g/mol. The van der Waals surface area contributed by atoms with Crippen LogP contribution in [0.2, 0.25) is 0 Å². The van der Waals surface area contributed by atoms with Crippen molar-refractivity contribution in [3.63, 3.8) is 0 Å². The number of ether oxygens (including phenoxy) is 4. The van der Waals surface area contributed by atoms with Crippen LogP contribution in [0, 0.1) is 0 Å². The molecule has 0 heterocycles. The molecule has 1 aliphatic rings. The van der Waals surface area contributed by atoms with Crippen molar-refractivity contribution >= 4 is 29.7 Å². The summed E-state index contributed by atoms with van der Waals surface area (Å²) in [6.07, 6.45) is 3.27. The first-order valence-corrected chi connectivity index (χ1v) is 6.59. The summed E-state index contributed by atoms with van der Waals surface area (Å²) in [5.74, 6) is -4.59. The van der Waals surface area contributed by atoms with E-state index in [1.807, 2.05) is 0 Å². The Bertz CT molecular complexity index is 652. The van der Waals surface area contributed by atoms with Crippen molar-refractivity contribution in [3.05, 3.63) is 35.8 Å². The van der Waals surface area contributed by atoms with E-state index in [9.17, 15) is 24.0 Å². The molecule has 0 aliphatic heterocycles. The molecule has 24 heavy (non-hydrogen) atoms. The smallest absolute Gasteiger partial charge is 0.336 e. The second kappa shape index (κ2) is 9.03. The quantitative estimate of drug-likeness (QED) is 0.377. The molecular formula is C15H14O9. The van der Waals surface area contributed by atoms with Crippen LogP contribution in [-0.2, 0) is 42.9 Å². The van der Waals surface area contributed by atoms with Crippen LogP contribution >= 0.6 is 0 Å². The van der Waals surface area contributed by atoms with Gasteiger partial charge in [-0.2, -0.15) is 0 Å². The van der Waals surface area contributed by atoms with Crippen LogP contribution in [0.1, 0.15) is 12.8 Å². The third-order valence-corrected chi connectivity index (χ3v) is 2.63. The van der Waals surface area contributed by atoms with Gasteiger partial charge in [0.15, 0.2) is 5.76 Å². The van der Waals surface area contributed by atoms with E-state index >= 15 is 0 Å². The van der Waals surface area contributed by atoms with E-state index in [2.05, 4.69) is 9.47 Å². The van der Waals surface area contributed by atoms with Crippen molar-refractivity contribution < 1.29 is 42.9 Å². The molecule has 0 aromatic carbocycles. The molecule has 0 saturated heterocycles. The lowest BCUT2D eigenvalue weighted by Crippen LogP contribution is -2.10. The van der Waals surface area contributed by atoms with E-state index < -0.39 is 35.4 Å². The Morgan fingerprint density at radius 3 is 1.71 bits per heavy atom. The van der Waals surface area contributed by atoms with Crippen molar-refractivity contribution in [2.24, 2.45) is 0 Å². The normalized spacial score (nSPS) is 14.2. The van der Waals surface area contributed by atoms with Crippen molar-refractivity contribution in [1.29, 1.82) is 0 Å². The number of carbonyl (C=O) groups excluding carboxylic acids is 5. The van der Waals surface area contributed by atoms with Crippen molar-refractivity contribution in [1.82, 2.24) is 0 Å². The minimum absolute atomic E-state index is 0.00728. The summed E-state index contributed by atoms with van der Waals surface area (Å²) < 4.78 is 18.2. The number of hydrogen-bond donors (Lipinski definition) is 0. The van der Waals surface area contributed by atoms with Crippen LogP contribution in [0.25, 0.3) is 0 Å². The fraction of sp³-hybridized carbons (Fsp3) is 0.267. The number of allylic oxidation sites excluding steroid dienone is 2. The number of methoxy groups -OCH3 is 2. The van der Waals surface area contributed by atoms with Gasteiger partial charge >= 0.3 is 23.9 Å². The monoisotopic (exact) mass is 338 g/mol. The predicted octanol–water partition coefficient (Wildman–Crippen LogP) is 0.106. The summed E-state index contributed by atoms with van der Waals surface area (Å²) in [5, 5.41) is 0. The maximum atomic E-state index is 11.7. The number of ketones is 1. The largest absolute Gasteiger partial charge is 0.466 e. The number of Topliss-reactive ketones (excluding diaryl/α,β-unsaturated/α-hetero) is 1. The van der Waals surface area contributed by atoms with Gasteiger partial charge < -0.3 is 18.9 Å². The molecule has 0 atom stereocenters. The minimum atomic E-state index is -1.01. The van der Waals surface area contributed by atoms with E-state index in [-0.39, 0.29) is 18.6 Å². The third-order valence-electron chi connectivity index (χ3n) is 2.63. The summed E-state index contributed by atoms with van der Waals surface area (Å²) in [6.45, 7) is 0. The highest BCUT2D eigenvalue weighted by atomic mass is 16.6. The molecule has 0 spiro atoms. The van der Waals surface area contributed by atoms with Crippen LogP contribution in [-0.4, -0.2) is 43.9 Å². The standard InChI is InChI=1S/C15H14O9/c1-21-11(17)5-7-13(19)23-10-4-3-9(16)15(10)24-14(20)8-6-12(18)22-2/h5-8H,3-4H2,1-2H3. The van der Waals surface area contributed by atoms with Gasteiger partial charge in [-0.15, -0.1) is 0 Å². The molecule has 0 N–H and O–H groups in total. The zero-order chi connectivity index (χ0) is 18.1. The molecule has 9 heteroatoms. The first-order chi connectivity index (χ1) is 11.4. The van der Waals surface area contributed by atoms with Crippen molar-refractivity contribution in [2.75, 3.05) is 14.2 Å². The van der Waals surface area contributed by atoms with Gasteiger partial charge in [0.25, 0.3) is 0 Å². The van der Waals surface area contributed by atoms with Crippen LogP contribution in [0.4, 0.5) is 0 Å². The lowest BCUT2D eigenvalue weighted by Gasteiger charge is -2.05. The van der Waals surface area contributed by atoms with Gasteiger partial charge in [0, 0.05) is 37.1 Å². The topological polar surface area (TPSA) is 122 Å². The molecule has 0 bridgehead atoms. The average Bonchev–Trinajstić information content (AvgIpc) is 2.90. The molecule has 0 aromatic rings. The summed E-state index contributed by atoms with van der Waals surface area (Å²) >= 11 is 0. The number of hydrogen-bond acceptors (Lipinski definition) is 9. The fourth-order valence-electron chi connectivity index (χ4n) is 1.52. The van der Waals surface area contributed by atoms with Crippen LogP contribution in [0.3, 0.4) is 0 Å². The lowest BCUT2D eigenvalue weighted by molar-refractivity contribution is -0.140. The molecule has 1 rings (SSSR count). The van der Waals surface area contributed by atoms with Gasteiger partial charge in [0.05, 0.1) is 14.2 Å². The van der Waals surface area contributed by atoms with Gasteiger partial charge in [-0.3, -0.25) is 4.79 Å². The van der Waals surface area contributed by atoms with Gasteiger partial charge in [-0.1, -0.05) is 0 Å². The Kier molecular flexibility index (Phi) is 7.08. The van der Waals surface area contributed by atoms with Gasteiger partial charge in [0.2, 0.25) is 11.5 Å². The van der Waals surface area contributed by atoms with E-state index in [0.29, 0.717) is 0 Å². The Morgan fingerprint density at radius 1 is 0.750 bits per heavy atom. The Balaban J connectivity index is 2.77. The first kappa shape index (κ1) is 18.8. The van der Waals surface area contributed by atoms with Gasteiger partial charge in [0.1, 0.15) is 0 Å². The SMILES string of the molecule is COC(=O)C=CC(=O)OC1=C(OC(=O)C=CC(=O)OC)C(=O)CC1. The third kappa shape index (κ3) is 5.87. The Morgan fingerprint density at radius 2 is 1.21 bits per heavy atom. The van der Waals surface area contributed by atoms with Crippen molar-refractivity contribution in [2.45, 2.75) is 12.8 Å². The van der Waals surface area contributed by atoms with Crippen LogP contribution < -0.4 is 0 Å². The van der Waals surface area contributed by atoms with Gasteiger partial charge in [-0.25, -0.2) is 19.2 Å². The highest BCUT2D eigenvalue weighted by molar-refractivity contribution is 6.01. The predicted molar refractivity (Wildman–Crippen MR) is 75.8 cm³/mol. The molecule has 0 radical (unpaired) electrons. The van der Waals surface area contributed by atoms with E-state index in [1.54, 1.807) is 0 Å². The minimum Gasteiger partial charge on any atom is -0.466 e. The summed E-state index contributed by atoms with van der Waals surface area (Å²) in [5.41, 5.74) is 0. The zero-order valence-corrected chi connectivity index (χ0v) is 12.9. The summed E-state index contributed by atoms with van der Waals surface area (Å²) in [6, 6.07) is 0. The highest BCUT2D eigenvalue weighted by Gasteiger charge is 2.29. The van der Waals surface area contributed by atoms with Crippen LogP contribution in [0.5, 0.6) is 0 Å². The highest BCUT2D eigenvalue weighted by Crippen LogP contribution is 2.25. The molecule has 0 aromatic heterocycles. The van der Waals surface area contributed by atoms with Crippen molar-refractivity contribution in [3.8, 4) is 0 Å². The lowest BCUT2D eigenvalue weighted by atomic mass is 10.3. The average molecular weight is 338 g/mol. The number of carbonyl (C=O) groups is 5. The molecule has 0 saturated carbocycles. The maximum Gasteiger partial charge on any atom is 0.336 e. The number of esters is 4. The summed E-state index contributed by atoms with van der Waals surface area (Å²) in [4.78, 5) is 56.5. The van der Waals surface area contributed by atoms with Crippen LogP contribution in [0.15, 0.2) is 35.8 Å². The second-order valence-electron chi connectivity index (χ2n) is 4.23. The second-order valence-corrected chi connectivity index (χ2v) is 4.23. The molecule has 0 amide bonds. The fourth-order valence-corrected chi connectivity index (χ4v) is 1.52. The molecule has 128 valence electrons. The zero-order valence-electron chi connectivity index (χ0n) is 12.9.